The molecule has 0 bridgehead atoms. The van der Waals surface area contributed by atoms with Crippen LogP contribution in [-0.4, -0.2) is 48.9 Å². The molecule has 1 fully saturated rings. The van der Waals surface area contributed by atoms with Crippen LogP contribution < -0.4 is 10.2 Å². The normalized spacial score (nSPS) is 20.1. The average Bonchev–Trinajstić information content (AvgIpc) is 2.94. The Morgan fingerprint density at radius 2 is 2.47 bits per heavy atom. The van der Waals surface area contributed by atoms with Crippen LogP contribution in [0.5, 0.6) is 0 Å². The number of likely N-dealkylation sites (N-methyl/N-ethyl adjacent to an activating group) is 1. The number of hydrogen-bond acceptors (Lipinski definition) is 6. The minimum absolute atomic E-state index is 0.342. The molecule has 19 heavy (non-hydrogen) atoms. The van der Waals surface area contributed by atoms with Crippen molar-refractivity contribution in [1.29, 1.82) is 0 Å². The van der Waals surface area contributed by atoms with Gasteiger partial charge in [-0.15, -0.1) is 11.3 Å². The first kappa shape index (κ1) is 12.8. The summed E-state index contributed by atoms with van der Waals surface area (Å²) in [5.74, 6) is 1.05. The van der Waals surface area contributed by atoms with E-state index in [-0.39, 0.29) is 0 Å². The van der Waals surface area contributed by atoms with Crippen molar-refractivity contribution in [2.75, 3.05) is 37.7 Å². The summed E-state index contributed by atoms with van der Waals surface area (Å²) in [6, 6.07) is 2.39. The number of rotatable bonds is 4. The van der Waals surface area contributed by atoms with E-state index in [1.807, 2.05) is 6.07 Å². The van der Waals surface area contributed by atoms with Gasteiger partial charge < -0.3 is 15.0 Å². The van der Waals surface area contributed by atoms with Gasteiger partial charge in [-0.1, -0.05) is 6.92 Å². The Labute approximate surface area is 116 Å². The molecule has 0 saturated carbocycles. The molecule has 0 aliphatic carbocycles. The first-order valence-electron chi connectivity index (χ1n) is 6.63. The van der Waals surface area contributed by atoms with Gasteiger partial charge in [0, 0.05) is 13.1 Å². The van der Waals surface area contributed by atoms with E-state index >= 15 is 0 Å². The third-order valence-corrected chi connectivity index (χ3v) is 4.25. The molecule has 102 valence electrons. The Hall–Kier alpha value is -1.24. The van der Waals surface area contributed by atoms with E-state index in [0.29, 0.717) is 6.04 Å². The third-order valence-electron chi connectivity index (χ3n) is 3.35. The van der Waals surface area contributed by atoms with Crippen LogP contribution in [0.25, 0.3) is 10.2 Å². The number of nitrogens with zero attached hydrogens (tertiary/aromatic N) is 3. The number of hydrogen-bond donors (Lipinski definition) is 1. The Bertz CT molecular complexity index is 544. The van der Waals surface area contributed by atoms with Crippen LogP contribution in [0.3, 0.4) is 0 Å². The number of fused-ring (bicyclic) bond motifs is 1. The molecular weight excluding hydrogens is 260 g/mol. The molecule has 0 spiro atoms. The van der Waals surface area contributed by atoms with Gasteiger partial charge >= 0.3 is 0 Å². The zero-order chi connectivity index (χ0) is 13.1. The maximum absolute atomic E-state index is 5.60. The highest BCUT2D eigenvalue weighted by atomic mass is 32.1. The fourth-order valence-electron chi connectivity index (χ4n) is 2.39. The maximum atomic E-state index is 5.60. The second-order valence-corrected chi connectivity index (χ2v) is 5.48. The Balaban J connectivity index is 1.91. The first-order chi connectivity index (χ1) is 9.40. The average molecular weight is 278 g/mol. The van der Waals surface area contributed by atoms with Crippen molar-refractivity contribution in [2.24, 2.45) is 0 Å². The molecule has 6 heteroatoms. The Morgan fingerprint density at radius 3 is 3.37 bits per heavy atom. The summed E-state index contributed by atoms with van der Waals surface area (Å²) in [6.07, 6.45) is 1.66. The van der Waals surface area contributed by atoms with Gasteiger partial charge in [-0.3, -0.25) is 0 Å². The largest absolute Gasteiger partial charge is 0.377 e. The number of nitrogens with one attached hydrogen (secondary N) is 1. The molecule has 2 aromatic heterocycles. The lowest BCUT2D eigenvalue weighted by Crippen LogP contribution is -2.51. The number of anilines is 1. The van der Waals surface area contributed by atoms with E-state index in [9.17, 15) is 0 Å². The first-order valence-corrected chi connectivity index (χ1v) is 7.51. The van der Waals surface area contributed by atoms with Crippen molar-refractivity contribution in [1.82, 2.24) is 15.3 Å². The van der Waals surface area contributed by atoms with Crippen molar-refractivity contribution in [2.45, 2.75) is 13.0 Å². The highest BCUT2D eigenvalue weighted by Gasteiger charge is 2.25. The quantitative estimate of drug-likeness (QED) is 0.918. The predicted octanol–water partition coefficient (Wildman–Crippen LogP) is 1.51. The number of morpholine rings is 1. The van der Waals surface area contributed by atoms with Crippen LogP contribution in [0.4, 0.5) is 5.82 Å². The van der Waals surface area contributed by atoms with E-state index in [0.717, 1.165) is 44.2 Å². The van der Waals surface area contributed by atoms with E-state index in [4.69, 9.17) is 4.74 Å². The van der Waals surface area contributed by atoms with Crippen molar-refractivity contribution in [3.05, 3.63) is 17.8 Å². The summed E-state index contributed by atoms with van der Waals surface area (Å²) in [5, 5.41) is 5.47. The summed E-state index contributed by atoms with van der Waals surface area (Å²) in [5.41, 5.74) is 1.03. The van der Waals surface area contributed by atoms with Crippen molar-refractivity contribution < 1.29 is 4.74 Å². The molecule has 1 N–H and O–H groups in total. The molecule has 0 amide bonds. The highest BCUT2D eigenvalue weighted by Crippen LogP contribution is 2.29. The molecule has 1 aliphatic heterocycles. The SMILES string of the molecule is CCNCC1COCCN1c1ncnc2ccsc12. The zero-order valence-corrected chi connectivity index (χ0v) is 11.8. The van der Waals surface area contributed by atoms with Crippen LogP contribution in [0.1, 0.15) is 6.92 Å². The summed E-state index contributed by atoms with van der Waals surface area (Å²) < 4.78 is 6.77. The lowest BCUT2D eigenvalue weighted by atomic mass is 10.2. The Kier molecular flexibility index (Phi) is 3.91. The topological polar surface area (TPSA) is 50.3 Å². The summed E-state index contributed by atoms with van der Waals surface area (Å²) in [7, 11) is 0. The van der Waals surface area contributed by atoms with Crippen molar-refractivity contribution in [3.8, 4) is 0 Å². The molecule has 3 heterocycles. The second-order valence-electron chi connectivity index (χ2n) is 4.56. The maximum Gasteiger partial charge on any atom is 0.150 e. The lowest BCUT2D eigenvalue weighted by molar-refractivity contribution is 0.0937. The molecule has 1 unspecified atom stereocenters. The summed E-state index contributed by atoms with van der Waals surface area (Å²) >= 11 is 1.71. The molecule has 2 aromatic rings. The predicted molar refractivity (Wildman–Crippen MR) is 77.9 cm³/mol. The Morgan fingerprint density at radius 1 is 1.53 bits per heavy atom. The van der Waals surface area contributed by atoms with Gasteiger partial charge in [0.1, 0.15) is 12.1 Å². The van der Waals surface area contributed by atoms with Crippen LogP contribution >= 0.6 is 11.3 Å². The van der Waals surface area contributed by atoms with E-state index in [1.165, 1.54) is 4.70 Å². The van der Waals surface area contributed by atoms with Crippen LogP contribution in [0, 0.1) is 0 Å². The molecule has 5 nitrogen and oxygen atoms in total. The van der Waals surface area contributed by atoms with Crippen LogP contribution in [-0.2, 0) is 4.74 Å². The summed E-state index contributed by atoms with van der Waals surface area (Å²) in [4.78, 5) is 11.2. The van der Waals surface area contributed by atoms with Crippen LogP contribution in [0.2, 0.25) is 0 Å². The lowest BCUT2D eigenvalue weighted by Gasteiger charge is -2.36. The number of ether oxygens (including phenoxy) is 1. The molecule has 1 atom stereocenters. The van der Waals surface area contributed by atoms with Crippen molar-refractivity contribution in [3.63, 3.8) is 0 Å². The van der Waals surface area contributed by atoms with E-state index in [1.54, 1.807) is 17.7 Å². The van der Waals surface area contributed by atoms with Gasteiger partial charge in [-0.25, -0.2) is 9.97 Å². The minimum atomic E-state index is 0.342. The molecular formula is C13H18N4OS. The molecule has 1 aliphatic rings. The van der Waals surface area contributed by atoms with Gasteiger partial charge in [0.25, 0.3) is 0 Å². The smallest absolute Gasteiger partial charge is 0.150 e. The van der Waals surface area contributed by atoms with Gasteiger partial charge in [0.05, 0.1) is 29.5 Å². The molecule has 0 aromatic carbocycles. The van der Waals surface area contributed by atoms with E-state index in [2.05, 4.69) is 32.5 Å². The van der Waals surface area contributed by atoms with Gasteiger partial charge in [0.15, 0.2) is 0 Å². The van der Waals surface area contributed by atoms with Gasteiger partial charge in [0.2, 0.25) is 0 Å². The fourth-order valence-corrected chi connectivity index (χ4v) is 3.24. The fraction of sp³-hybridized carbons (Fsp3) is 0.538. The van der Waals surface area contributed by atoms with E-state index < -0.39 is 0 Å². The minimum Gasteiger partial charge on any atom is -0.377 e. The van der Waals surface area contributed by atoms with Crippen LogP contribution in [0.15, 0.2) is 17.8 Å². The monoisotopic (exact) mass is 278 g/mol. The van der Waals surface area contributed by atoms with Gasteiger partial charge in [-0.2, -0.15) is 0 Å². The standard InChI is InChI=1S/C13H18N4OS/c1-2-14-7-10-8-18-5-4-17(10)13-12-11(3-6-19-12)15-9-16-13/h3,6,9-10,14H,2,4-5,7-8H2,1H3. The third kappa shape index (κ3) is 2.56. The van der Waals surface area contributed by atoms with Gasteiger partial charge in [-0.05, 0) is 18.0 Å². The number of aromatic nitrogens is 2. The van der Waals surface area contributed by atoms with Crippen molar-refractivity contribution >= 4 is 27.4 Å². The highest BCUT2D eigenvalue weighted by molar-refractivity contribution is 7.17. The number of thiophene rings is 1. The second kappa shape index (κ2) is 5.81. The zero-order valence-electron chi connectivity index (χ0n) is 11.0. The molecule has 0 radical (unpaired) electrons. The molecule has 3 rings (SSSR count). The summed E-state index contributed by atoms with van der Waals surface area (Å²) in [6.45, 7) is 6.43. The molecule has 1 saturated heterocycles.